The summed E-state index contributed by atoms with van der Waals surface area (Å²) in [5.41, 5.74) is 4.56. The van der Waals surface area contributed by atoms with Crippen molar-refractivity contribution in [3.05, 3.63) is 35.9 Å². The van der Waals surface area contributed by atoms with E-state index in [0.717, 1.165) is 0 Å². The summed E-state index contributed by atoms with van der Waals surface area (Å²) in [4.78, 5) is 5.81. The Morgan fingerprint density at radius 3 is 2.41 bits per heavy atom. The van der Waals surface area contributed by atoms with Crippen molar-refractivity contribution >= 4 is 8.07 Å². The van der Waals surface area contributed by atoms with Gasteiger partial charge in [0.05, 0.1) is 12.1 Å². The zero-order chi connectivity index (χ0) is 12.3. The second-order valence-electron chi connectivity index (χ2n) is 6.16. The Labute approximate surface area is 105 Å². The lowest BCUT2D eigenvalue weighted by atomic mass is 10.0. The predicted octanol–water partition coefficient (Wildman–Crippen LogP) is 3.75. The fourth-order valence-electron chi connectivity index (χ4n) is 2.40. The highest BCUT2D eigenvalue weighted by Gasteiger charge is 2.27. The van der Waals surface area contributed by atoms with Crippen molar-refractivity contribution in [3.63, 3.8) is 0 Å². The van der Waals surface area contributed by atoms with Crippen molar-refractivity contribution < 1.29 is 4.84 Å². The van der Waals surface area contributed by atoms with Crippen molar-refractivity contribution in [3.8, 4) is 0 Å². The highest BCUT2D eigenvalue weighted by atomic mass is 28.3. The van der Waals surface area contributed by atoms with Crippen LogP contribution < -0.4 is 5.48 Å². The summed E-state index contributed by atoms with van der Waals surface area (Å²) in [6, 6.07) is 12.2. The van der Waals surface area contributed by atoms with Gasteiger partial charge in [-0.2, -0.15) is 5.48 Å². The van der Waals surface area contributed by atoms with Crippen molar-refractivity contribution in [2.24, 2.45) is 0 Å². The molecule has 0 bridgehead atoms. The van der Waals surface area contributed by atoms with Crippen LogP contribution in [0.15, 0.2) is 30.3 Å². The minimum Gasteiger partial charge on any atom is -0.298 e. The van der Waals surface area contributed by atoms with Gasteiger partial charge in [0.2, 0.25) is 0 Å². The molecule has 94 valence electrons. The highest BCUT2D eigenvalue weighted by molar-refractivity contribution is 6.76. The Bertz CT molecular complexity index is 339. The van der Waals surface area contributed by atoms with E-state index in [2.05, 4.69) is 55.5 Å². The van der Waals surface area contributed by atoms with Gasteiger partial charge in [0.25, 0.3) is 0 Å². The number of hydrogen-bond acceptors (Lipinski definition) is 2. The summed E-state index contributed by atoms with van der Waals surface area (Å²) in [5, 5.41) is 0. The number of hydrogen-bond donors (Lipinski definition) is 1. The maximum Gasteiger partial charge on any atom is 0.0768 e. The van der Waals surface area contributed by atoms with Crippen LogP contribution in [0.25, 0.3) is 0 Å². The van der Waals surface area contributed by atoms with E-state index < -0.39 is 8.07 Å². The molecule has 1 heterocycles. The fraction of sp³-hybridized carbons (Fsp3) is 0.571. The Morgan fingerprint density at radius 1 is 1.18 bits per heavy atom. The second-order valence-corrected chi connectivity index (χ2v) is 11.7. The molecule has 1 aromatic carbocycles. The lowest BCUT2D eigenvalue weighted by Crippen LogP contribution is -2.38. The smallest absolute Gasteiger partial charge is 0.0768 e. The molecule has 17 heavy (non-hydrogen) atoms. The summed E-state index contributed by atoms with van der Waals surface area (Å²) in [6.45, 7) is 7.21. The van der Waals surface area contributed by atoms with Crippen LogP contribution in [0.3, 0.4) is 0 Å². The molecule has 0 saturated carbocycles. The molecule has 1 aliphatic heterocycles. The second kappa shape index (κ2) is 5.34. The zero-order valence-electron chi connectivity index (χ0n) is 11.1. The Morgan fingerprint density at radius 2 is 1.88 bits per heavy atom. The van der Waals surface area contributed by atoms with Gasteiger partial charge in [-0.25, -0.2) is 0 Å². The molecule has 2 nitrogen and oxygen atoms in total. The van der Waals surface area contributed by atoms with E-state index in [9.17, 15) is 0 Å². The first-order chi connectivity index (χ1) is 8.04. The zero-order valence-corrected chi connectivity index (χ0v) is 12.1. The van der Waals surface area contributed by atoms with Crippen molar-refractivity contribution in [2.75, 3.05) is 0 Å². The monoisotopic (exact) mass is 249 g/mol. The van der Waals surface area contributed by atoms with E-state index in [1.54, 1.807) is 0 Å². The third-order valence-corrected chi connectivity index (χ3v) is 4.88. The van der Waals surface area contributed by atoms with Gasteiger partial charge < -0.3 is 0 Å². The number of rotatable bonds is 3. The summed E-state index contributed by atoms with van der Waals surface area (Å²) >= 11 is 0. The molecule has 1 N–H and O–H groups in total. The maximum atomic E-state index is 5.81. The first-order valence-electron chi connectivity index (χ1n) is 6.51. The summed E-state index contributed by atoms with van der Waals surface area (Å²) in [5.74, 6) is 0. The van der Waals surface area contributed by atoms with Crippen LogP contribution in [0.4, 0.5) is 0 Å². The maximum absolute atomic E-state index is 5.81. The molecule has 0 unspecified atom stereocenters. The summed E-state index contributed by atoms with van der Waals surface area (Å²) in [6.07, 6.45) is 2.78. The van der Waals surface area contributed by atoms with Gasteiger partial charge >= 0.3 is 0 Å². The van der Waals surface area contributed by atoms with Gasteiger partial charge in [-0.1, -0.05) is 50.0 Å². The molecule has 1 saturated heterocycles. The van der Waals surface area contributed by atoms with Gasteiger partial charge in [0.15, 0.2) is 0 Å². The van der Waals surface area contributed by atoms with Crippen molar-refractivity contribution in [2.45, 2.75) is 50.7 Å². The van der Waals surface area contributed by atoms with Crippen molar-refractivity contribution in [1.82, 2.24) is 5.48 Å². The molecule has 0 aromatic heterocycles. The van der Waals surface area contributed by atoms with Gasteiger partial charge in [-0.05, 0) is 24.4 Å². The molecule has 1 aliphatic rings. The van der Waals surface area contributed by atoms with E-state index in [1.807, 2.05) is 0 Å². The Kier molecular flexibility index (Phi) is 4.02. The molecule has 2 atom stereocenters. The van der Waals surface area contributed by atoms with Crippen LogP contribution in [0.5, 0.6) is 0 Å². The van der Waals surface area contributed by atoms with E-state index in [-0.39, 0.29) is 0 Å². The van der Waals surface area contributed by atoms with Crippen LogP contribution >= 0.6 is 0 Å². The van der Waals surface area contributed by atoms with Gasteiger partial charge in [-0.15, -0.1) is 0 Å². The van der Waals surface area contributed by atoms with Crippen LogP contribution in [-0.2, 0) is 4.84 Å². The van der Waals surface area contributed by atoms with E-state index >= 15 is 0 Å². The summed E-state index contributed by atoms with van der Waals surface area (Å²) < 4.78 is 0. The lowest BCUT2D eigenvalue weighted by Gasteiger charge is -2.32. The third-order valence-electron chi connectivity index (χ3n) is 3.20. The van der Waals surface area contributed by atoms with Gasteiger partial charge in [-0.3, -0.25) is 4.84 Å². The normalized spacial score (nSPS) is 25.8. The van der Waals surface area contributed by atoms with Gasteiger partial charge in [0.1, 0.15) is 0 Å². The van der Waals surface area contributed by atoms with E-state index in [4.69, 9.17) is 4.84 Å². The Hall–Kier alpha value is -0.643. The Balaban J connectivity index is 1.86. The van der Waals surface area contributed by atoms with Crippen LogP contribution in [0.1, 0.15) is 24.4 Å². The van der Waals surface area contributed by atoms with Crippen LogP contribution in [-0.4, -0.2) is 14.2 Å². The molecule has 1 fully saturated rings. The largest absolute Gasteiger partial charge is 0.298 e. The minimum absolute atomic E-state index is 0.370. The molecular weight excluding hydrogens is 226 g/mol. The van der Waals surface area contributed by atoms with E-state index in [1.165, 1.54) is 24.4 Å². The van der Waals surface area contributed by atoms with Crippen LogP contribution in [0.2, 0.25) is 25.7 Å². The molecule has 0 aliphatic carbocycles. The predicted molar refractivity (Wildman–Crippen MR) is 74.6 cm³/mol. The summed E-state index contributed by atoms with van der Waals surface area (Å²) in [7, 11) is -1.01. The first-order valence-corrected chi connectivity index (χ1v) is 10.2. The third kappa shape index (κ3) is 3.94. The molecular formula is C14H23NOSi. The van der Waals surface area contributed by atoms with Crippen molar-refractivity contribution in [1.29, 1.82) is 0 Å². The molecule has 2 rings (SSSR count). The quantitative estimate of drug-likeness (QED) is 0.824. The SMILES string of the molecule is C[Si](C)(C)C[C@@H]1CC[C@@H](c2ccccc2)NO1. The molecule has 0 radical (unpaired) electrons. The number of nitrogens with one attached hydrogen (secondary N) is 1. The molecule has 1 aromatic rings. The minimum atomic E-state index is -1.01. The number of benzene rings is 1. The van der Waals surface area contributed by atoms with Gasteiger partial charge in [0, 0.05) is 8.07 Å². The van der Waals surface area contributed by atoms with Crippen LogP contribution in [0, 0.1) is 0 Å². The van der Waals surface area contributed by atoms with E-state index in [0.29, 0.717) is 12.1 Å². The highest BCUT2D eigenvalue weighted by Crippen LogP contribution is 2.27. The number of hydroxylamine groups is 1. The topological polar surface area (TPSA) is 21.3 Å². The molecule has 3 heteroatoms. The average Bonchev–Trinajstić information content (AvgIpc) is 2.29. The molecule has 0 amide bonds. The lowest BCUT2D eigenvalue weighted by molar-refractivity contribution is -0.0724. The molecule has 0 spiro atoms. The first kappa shape index (κ1) is 12.8. The average molecular weight is 249 g/mol. The standard InChI is InChI=1S/C14H23NOSi/c1-17(2,3)11-13-9-10-14(15-16-13)12-7-5-4-6-8-12/h4-8,13-15H,9-11H2,1-3H3/t13-,14-/m0/s1. The fourth-order valence-corrected chi connectivity index (χ4v) is 4.05.